The van der Waals surface area contributed by atoms with Gasteiger partial charge in [0.2, 0.25) is 0 Å². The number of anilines is 12. The number of para-hydroxylation sites is 8. The van der Waals surface area contributed by atoms with E-state index >= 15 is 0 Å². The van der Waals surface area contributed by atoms with E-state index in [1.54, 1.807) is 0 Å². The highest BCUT2D eigenvalue weighted by molar-refractivity contribution is 6.33. The van der Waals surface area contributed by atoms with Crippen LogP contribution >= 0.6 is 0 Å². The van der Waals surface area contributed by atoms with Gasteiger partial charge in [-0.05, 0) is 205 Å². The molecule has 0 spiro atoms. The first-order valence-electron chi connectivity index (χ1n) is 41.2. The number of benzene rings is 12. The van der Waals surface area contributed by atoms with Crippen LogP contribution in [0.5, 0.6) is 0 Å². The van der Waals surface area contributed by atoms with E-state index < -0.39 is 0 Å². The van der Waals surface area contributed by atoms with Crippen LogP contribution in [0.1, 0.15) is 99.9 Å². The van der Waals surface area contributed by atoms with Gasteiger partial charge >= 0.3 is 0 Å². The molecule has 0 fully saturated rings. The molecule has 0 aliphatic heterocycles. The molecular weight excluding hydrogens is 1420 g/mol. The van der Waals surface area contributed by atoms with Gasteiger partial charge in [0, 0.05) is 75.4 Å². The van der Waals surface area contributed by atoms with Crippen LogP contribution in [0.25, 0.3) is 120 Å². The third-order valence-corrected chi connectivity index (χ3v) is 23.8. The van der Waals surface area contributed by atoms with Gasteiger partial charge < -0.3 is 0 Å². The lowest BCUT2D eigenvalue weighted by atomic mass is 9.89. The van der Waals surface area contributed by atoms with Crippen molar-refractivity contribution in [1.82, 2.24) is 39.9 Å². The molecule has 8 aromatic heterocycles. The van der Waals surface area contributed by atoms with E-state index in [0.29, 0.717) is 51.4 Å². The first-order valence-corrected chi connectivity index (χ1v) is 41.2. The Hall–Kier alpha value is -13.8. The monoisotopic (exact) mass is 1500 g/mol. The summed E-state index contributed by atoms with van der Waals surface area (Å²) in [6.07, 6.45) is 5.44. The van der Waals surface area contributed by atoms with Crippen molar-refractivity contribution >= 4 is 189 Å². The fourth-order valence-corrected chi connectivity index (χ4v) is 17.8. The molecule has 8 heterocycles. The van der Waals surface area contributed by atoms with E-state index in [1.807, 2.05) is 0 Å². The normalized spacial score (nSPS) is 11.9. The molecule has 0 bridgehead atoms. The van der Waals surface area contributed by atoms with Crippen molar-refractivity contribution in [1.29, 1.82) is 0 Å². The molecule has 0 N–H and O–H groups in total. The first kappa shape index (κ1) is 71.2. The van der Waals surface area contributed by atoms with Crippen LogP contribution in [0, 0.1) is 0 Å². The number of hydrogen-bond acceptors (Lipinski definition) is 12. The van der Waals surface area contributed by atoms with Crippen molar-refractivity contribution in [2.24, 2.45) is 0 Å². The molecule has 116 heavy (non-hydrogen) atoms. The quantitative estimate of drug-likeness (QED) is 0.0677. The van der Waals surface area contributed by atoms with E-state index in [-0.39, 0.29) is 0 Å². The van der Waals surface area contributed by atoms with Crippen molar-refractivity contribution in [2.45, 2.75) is 107 Å². The molecule has 20 aromatic rings. The Morgan fingerprint density at radius 3 is 0.448 bits per heavy atom. The van der Waals surface area contributed by atoms with Gasteiger partial charge in [0.05, 0.1) is 66.9 Å². The van der Waals surface area contributed by atoms with Crippen LogP contribution in [0.2, 0.25) is 0 Å². The van der Waals surface area contributed by atoms with Crippen molar-refractivity contribution in [3.63, 3.8) is 0 Å². The second-order valence-electron chi connectivity index (χ2n) is 30.4. The van der Waals surface area contributed by atoms with E-state index in [2.05, 4.69) is 354 Å². The summed E-state index contributed by atoms with van der Waals surface area (Å²) in [7, 11) is 0. The van der Waals surface area contributed by atoms with Crippen molar-refractivity contribution in [3.8, 4) is 0 Å². The fourth-order valence-electron chi connectivity index (χ4n) is 17.8. The maximum atomic E-state index is 5.94. The first-order chi connectivity index (χ1) is 57.1. The summed E-state index contributed by atoms with van der Waals surface area (Å²) in [5.41, 5.74) is 19.1. The maximum Gasteiger partial charge on any atom is 0.142 e. The largest absolute Gasteiger partial charge is 0.278 e. The van der Waals surface area contributed by atoms with Gasteiger partial charge in [-0.15, -0.1) is 0 Å². The van der Waals surface area contributed by atoms with Crippen LogP contribution in [0.3, 0.4) is 0 Å². The molecule has 12 heteroatoms. The van der Waals surface area contributed by atoms with Gasteiger partial charge in [-0.25, -0.2) is 39.9 Å². The second kappa shape index (κ2) is 29.3. The Morgan fingerprint density at radius 2 is 0.310 bits per heavy atom. The molecule has 0 amide bonds. The zero-order valence-corrected chi connectivity index (χ0v) is 66.6. The lowest BCUT2D eigenvalue weighted by molar-refractivity contribution is 1.03. The van der Waals surface area contributed by atoms with Gasteiger partial charge in [-0.2, -0.15) is 0 Å². The second-order valence-corrected chi connectivity index (χ2v) is 30.4. The maximum absolute atomic E-state index is 5.94. The molecule has 0 saturated carbocycles. The highest BCUT2D eigenvalue weighted by Gasteiger charge is 2.36. The molecule has 0 aliphatic rings. The van der Waals surface area contributed by atoms with Gasteiger partial charge in [0.15, 0.2) is 0 Å². The standard InChI is InChI=1S/C104H86N12/c1-9-63-53-71-33-17-25-41-83(71)105-97(63)113(98-64(10-2)54-72-34-18-26-42-84(72)106-98)91-61-92(114(99-65(11-3)55-73-35-19-27-43-85(73)107-99)100-66(12-4)56-74-36-20-28-44-86(74)108-100)80-51-52-82-94(116(103-69(15-7)59-77-39-23-31-47-89(77)111-103)104-70(16-8)60-78-40-24-32-48-90(78)112-104)62-93(81-50-49-79(91)95(80)96(81)82)115(101-67(13-5)57-75-37-21-29-45-87(75)109-101)102-68(14-6)58-76-38-22-30-46-88(76)110-102/h17-62H,9-16H2,1-8H3. The summed E-state index contributed by atoms with van der Waals surface area (Å²) in [5.74, 6) is 6.33. The third kappa shape index (κ3) is 11.9. The minimum atomic E-state index is 0.680. The zero-order valence-electron chi connectivity index (χ0n) is 66.6. The SMILES string of the molecule is CCc1cc2ccccc2nc1N(c1nc2ccccc2cc1CC)c1cc(N(c2nc3ccccc3cc2CC)c2nc3ccccc3cc2CC)c2ccc3c(N(c4nc5ccccc5cc4CC)c4nc5ccccc5cc4CC)cc(N(c4nc5ccccc5cc4CC)c4nc5ccccc5cc4CC)c4ccc1c2c43. The molecule has 0 unspecified atom stereocenters. The molecule has 0 aliphatic carbocycles. The number of hydrogen-bond donors (Lipinski definition) is 0. The lowest BCUT2D eigenvalue weighted by Gasteiger charge is -2.35. The van der Waals surface area contributed by atoms with Crippen LogP contribution in [0.15, 0.2) is 279 Å². The van der Waals surface area contributed by atoms with Crippen LogP contribution in [-0.2, 0) is 51.4 Å². The summed E-state index contributed by atoms with van der Waals surface area (Å²) < 4.78 is 0. The van der Waals surface area contributed by atoms with E-state index in [1.165, 1.54) is 0 Å². The minimum Gasteiger partial charge on any atom is -0.278 e. The van der Waals surface area contributed by atoms with Crippen molar-refractivity contribution < 1.29 is 0 Å². The zero-order chi connectivity index (χ0) is 78.4. The third-order valence-electron chi connectivity index (χ3n) is 23.8. The summed E-state index contributed by atoms with van der Waals surface area (Å²) in [6.45, 7) is 18.0. The predicted octanol–water partition coefficient (Wildman–Crippen LogP) is 27.3. The Morgan fingerprint density at radius 1 is 0.172 bits per heavy atom. The highest BCUT2D eigenvalue weighted by atomic mass is 15.3. The van der Waals surface area contributed by atoms with E-state index in [0.717, 1.165) is 233 Å². The molecule has 12 nitrogen and oxygen atoms in total. The fraction of sp³-hybridized carbons (Fsp3) is 0.154. The smallest absolute Gasteiger partial charge is 0.142 e. The van der Waals surface area contributed by atoms with Crippen LogP contribution < -0.4 is 19.6 Å². The van der Waals surface area contributed by atoms with Crippen molar-refractivity contribution in [2.75, 3.05) is 19.6 Å². The van der Waals surface area contributed by atoms with Gasteiger partial charge in [-0.1, -0.05) is 225 Å². The Balaban J connectivity index is 1.04. The average Bonchev–Trinajstić information content (AvgIpc) is 0.693. The number of fused-ring (bicyclic) bond motifs is 8. The molecule has 0 saturated heterocycles. The summed E-state index contributed by atoms with van der Waals surface area (Å²) in [4.78, 5) is 57.2. The number of aryl methyl sites for hydroxylation is 8. The summed E-state index contributed by atoms with van der Waals surface area (Å²) in [5, 5.41) is 14.5. The molecule has 12 aromatic carbocycles. The number of pyridine rings is 8. The molecule has 20 rings (SSSR count). The topological polar surface area (TPSA) is 116 Å². The summed E-state index contributed by atoms with van der Waals surface area (Å²) >= 11 is 0. The lowest BCUT2D eigenvalue weighted by Crippen LogP contribution is -2.21. The molecule has 0 atom stereocenters. The van der Waals surface area contributed by atoms with Gasteiger partial charge in [0.1, 0.15) is 46.5 Å². The van der Waals surface area contributed by atoms with Gasteiger partial charge in [0.25, 0.3) is 0 Å². The Labute approximate surface area is 674 Å². The van der Waals surface area contributed by atoms with Crippen LogP contribution in [-0.4, -0.2) is 39.9 Å². The molecule has 0 radical (unpaired) electrons. The van der Waals surface area contributed by atoms with E-state index in [9.17, 15) is 0 Å². The number of rotatable bonds is 20. The number of aromatic nitrogens is 8. The Kier molecular flexibility index (Phi) is 18.0. The number of nitrogens with zero attached hydrogens (tertiary/aromatic N) is 12. The average molecular weight is 1500 g/mol. The van der Waals surface area contributed by atoms with Gasteiger partial charge in [-0.3, -0.25) is 19.6 Å². The van der Waals surface area contributed by atoms with Crippen LogP contribution in [0.4, 0.5) is 69.3 Å². The highest BCUT2D eigenvalue weighted by Crippen LogP contribution is 2.57. The van der Waals surface area contributed by atoms with E-state index in [4.69, 9.17) is 39.9 Å². The predicted molar refractivity (Wildman–Crippen MR) is 486 cm³/mol. The Bertz CT molecular complexity index is 6130. The van der Waals surface area contributed by atoms with Crippen molar-refractivity contribution in [3.05, 3.63) is 324 Å². The molecular formula is C104H86N12. The molecule has 562 valence electrons. The minimum absolute atomic E-state index is 0.680. The summed E-state index contributed by atoms with van der Waals surface area (Å²) in [6, 6.07) is 101.